The molecule has 1 fully saturated rings. The molecule has 2 rings (SSSR count). The third-order valence-corrected chi connectivity index (χ3v) is 4.39. The minimum atomic E-state index is -0.967. The number of carbonyl (C=O) groups is 1. The van der Waals surface area contributed by atoms with Crippen molar-refractivity contribution in [2.75, 3.05) is 26.4 Å². The van der Waals surface area contributed by atoms with Gasteiger partial charge in [0.05, 0.1) is 0 Å². The maximum Gasteiger partial charge on any atom is 0.408 e. The third-order valence-electron chi connectivity index (χ3n) is 4.39. The molecule has 0 radical (unpaired) electrons. The number of hydrogen-bond acceptors (Lipinski definition) is 4. The van der Waals surface area contributed by atoms with Gasteiger partial charge in [0.15, 0.2) is 6.29 Å². The minimum Gasteiger partial charge on any atom is -0.465 e. The van der Waals surface area contributed by atoms with Crippen molar-refractivity contribution in [2.24, 2.45) is 0 Å². The van der Waals surface area contributed by atoms with Gasteiger partial charge in [-0.3, -0.25) is 4.90 Å². The second-order valence-corrected chi connectivity index (χ2v) is 5.81. The zero-order valence-corrected chi connectivity index (χ0v) is 14.4. The molecular formula is C18H27NO5. The number of rotatable bonds is 8. The molecule has 134 valence electrons. The first kappa shape index (κ1) is 18.7. The van der Waals surface area contributed by atoms with Crippen LogP contribution in [-0.4, -0.2) is 54.4 Å². The second-order valence-electron chi connectivity index (χ2n) is 5.81. The normalized spacial score (nSPS) is 17.0. The Bertz CT molecular complexity index is 495. The highest BCUT2D eigenvalue weighted by Gasteiger charge is 2.49. The zero-order chi connectivity index (χ0) is 17.4. The fraction of sp³-hybridized carbons (Fsp3) is 0.611. The van der Waals surface area contributed by atoms with E-state index in [4.69, 9.17) is 14.2 Å². The quantitative estimate of drug-likeness (QED) is 0.738. The molecule has 0 saturated carbocycles. The summed E-state index contributed by atoms with van der Waals surface area (Å²) in [7, 11) is 0. The van der Waals surface area contributed by atoms with Crippen LogP contribution < -0.4 is 0 Å². The topological polar surface area (TPSA) is 68.2 Å². The summed E-state index contributed by atoms with van der Waals surface area (Å²) in [6, 6.07) is 9.60. The van der Waals surface area contributed by atoms with Gasteiger partial charge >= 0.3 is 6.09 Å². The van der Waals surface area contributed by atoms with Gasteiger partial charge in [-0.05, 0) is 32.3 Å². The van der Waals surface area contributed by atoms with Crippen LogP contribution in [0.2, 0.25) is 0 Å². The minimum absolute atomic E-state index is 0.298. The fourth-order valence-corrected chi connectivity index (χ4v) is 3.20. The fourth-order valence-electron chi connectivity index (χ4n) is 3.20. The predicted octanol–water partition coefficient (Wildman–Crippen LogP) is 3.11. The Kier molecular flexibility index (Phi) is 7.02. The van der Waals surface area contributed by atoms with E-state index in [1.54, 1.807) is 0 Å². The molecule has 1 aliphatic rings. The van der Waals surface area contributed by atoms with Gasteiger partial charge in [0.25, 0.3) is 0 Å². The maximum absolute atomic E-state index is 12.1. The highest BCUT2D eigenvalue weighted by atomic mass is 16.7. The number of benzene rings is 1. The lowest BCUT2D eigenvalue weighted by Gasteiger charge is -2.48. The van der Waals surface area contributed by atoms with Crippen LogP contribution in [0.15, 0.2) is 30.3 Å². The monoisotopic (exact) mass is 337 g/mol. The SMILES string of the molecule is CCOC(OCC)C1(N(Cc2ccccc2)C(=O)O)CCOCC1. The van der Waals surface area contributed by atoms with Crippen molar-refractivity contribution in [1.82, 2.24) is 4.90 Å². The average Bonchev–Trinajstić information content (AvgIpc) is 2.61. The lowest BCUT2D eigenvalue weighted by Crippen LogP contribution is -2.62. The maximum atomic E-state index is 12.1. The van der Waals surface area contributed by atoms with E-state index >= 15 is 0 Å². The summed E-state index contributed by atoms with van der Waals surface area (Å²) in [6.07, 6.45) is -0.463. The first-order chi connectivity index (χ1) is 11.6. The molecule has 0 atom stereocenters. The van der Waals surface area contributed by atoms with Gasteiger partial charge in [-0.2, -0.15) is 0 Å². The van der Waals surface area contributed by atoms with Gasteiger partial charge in [-0.25, -0.2) is 4.79 Å². The lowest BCUT2D eigenvalue weighted by atomic mass is 9.86. The van der Waals surface area contributed by atoms with E-state index in [1.165, 1.54) is 4.90 Å². The van der Waals surface area contributed by atoms with Crippen molar-refractivity contribution in [1.29, 1.82) is 0 Å². The Morgan fingerprint density at radius 1 is 1.21 bits per heavy atom. The molecule has 1 aromatic rings. The van der Waals surface area contributed by atoms with E-state index in [0.29, 0.717) is 45.8 Å². The molecule has 0 aliphatic carbocycles. The molecule has 6 nitrogen and oxygen atoms in total. The van der Waals surface area contributed by atoms with Crippen molar-refractivity contribution in [3.8, 4) is 0 Å². The molecule has 0 bridgehead atoms. The van der Waals surface area contributed by atoms with E-state index in [1.807, 2.05) is 44.2 Å². The first-order valence-corrected chi connectivity index (χ1v) is 8.49. The van der Waals surface area contributed by atoms with E-state index in [2.05, 4.69) is 0 Å². The number of ether oxygens (including phenoxy) is 3. The summed E-state index contributed by atoms with van der Waals surface area (Å²) in [5.74, 6) is 0. The summed E-state index contributed by atoms with van der Waals surface area (Å²) in [5, 5.41) is 9.91. The van der Waals surface area contributed by atoms with E-state index in [9.17, 15) is 9.90 Å². The predicted molar refractivity (Wildman–Crippen MR) is 89.8 cm³/mol. The molecule has 0 spiro atoms. The highest BCUT2D eigenvalue weighted by Crippen LogP contribution is 2.35. The molecule has 1 N–H and O–H groups in total. The molecule has 0 unspecified atom stereocenters. The third kappa shape index (κ3) is 4.26. The van der Waals surface area contributed by atoms with Gasteiger partial charge in [-0.1, -0.05) is 30.3 Å². The molecule has 1 heterocycles. The van der Waals surface area contributed by atoms with E-state index in [0.717, 1.165) is 5.56 Å². The Hall–Kier alpha value is -1.63. The van der Waals surface area contributed by atoms with Gasteiger partial charge in [0, 0.05) is 33.0 Å². The number of carboxylic acid groups (broad SMARTS) is 1. The molecule has 1 aliphatic heterocycles. The van der Waals surface area contributed by atoms with Crippen molar-refractivity contribution in [3.05, 3.63) is 35.9 Å². The van der Waals surface area contributed by atoms with E-state index < -0.39 is 17.9 Å². The van der Waals surface area contributed by atoms with E-state index in [-0.39, 0.29) is 0 Å². The molecule has 1 aromatic carbocycles. The van der Waals surface area contributed by atoms with Crippen LogP contribution in [-0.2, 0) is 20.8 Å². The van der Waals surface area contributed by atoms with Crippen LogP contribution in [0.1, 0.15) is 32.3 Å². The summed E-state index contributed by atoms with van der Waals surface area (Å²) in [6.45, 7) is 6.00. The zero-order valence-electron chi connectivity index (χ0n) is 14.4. The molecule has 1 saturated heterocycles. The van der Waals surface area contributed by atoms with Gasteiger partial charge in [0.1, 0.15) is 5.54 Å². The Labute approximate surface area is 143 Å². The average molecular weight is 337 g/mol. The second kappa shape index (κ2) is 9.01. The Morgan fingerprint density at radius 2 is 1.79 bits per heavy atom. The van der Waals surface area contributed by atoms with Crippen molar-refractivity contribution in [2.45, 2.75) is 45.1 Å². The van der Waals surface area contributed by atoms with Crippen LogP contribution in [0.5, 0.6) is 0 Å². The molecule has 24 heavy (non-hydrogen) atoms. The Balaban J connectivity index is 2.35. The van der Waals surface area contributed by atoms with Gasteiger partial charge in [-0.15, -0.1) is 0 Å². The first-order valence-electron chi connectivity index (χ1n) is 8.49. The summed E-state index contributed by atoms with van der Waals surface area (Å²) in [5.41, 5.74) is 0.198. The standard InChI is InChI=1S/C18H27NO5/c1-3-23-16(24-4-2)18(10-12-22-13-11-18)19(17(20)21)14-15-8-6-5-7-9-15/h5-9,16H,3-4,10-14H2,1-2H3,(H,20,21). The number of hydrogen-bond donors (Lipinski definition) is 1. The summed E-state index contributed by atoms with van der Waals surface area (Å²) >= 11 is 0. The van der Waals surface area contributed by atoms with Crippen LogP contribution in [0, 0.1) is 0 Å². The van der Waals surface area contributed by atoms with Crippen molar-refractivity contribution >= 4 is 6.09 Å². The smallest absolute Gasteiger partial charge is 0.408 e. The summed E-state index contributed by atoms with van der Waals surface area (Å²) < 4.78 is 17.1. The number of amides is 1. The largest absolute Gasteiger partial charge is 0.465 e. The van der Waals surface area contributed by atoms with Crippen molar-refractivity contribution < 1.29 is 24.1 Å². The van der Waals surface area contributed by atoms with Crippen LogP contribution in [0.25, 0.3) is 0 Å². The van der Waals surface area contributed by atoms with Crippen LogP contribution >= 0.6 is 0 Å². The lowest BCUT2D eigenvalue weighted by molar-refractivity contribution is -0.225. The van der Waals surface area contributed by atoms with Crippen LogP contribution in [0.3, 0.4) is 0 Å². The highest BCUT2D eigenvalue weighted by molar-refractivity contribution is 5.66. The van der Waals surface area contributed by atoms with Gasteiger partial charge < -0.3 is 19.3 Å². The van der Waals surface area contributed by atoms with Gasteiger partial charge in [0.2, 0.25) is 0 Å². The van der Waals surface area contributed by atoms with Crippen molar-refractivity contribution in [3.63, 3.8) is 0 Å². The number of nitrogens with zero attached hydrogens (tertiary/aromatic N) is 1. The van der Waals surface area contributed by atoms with Crippen LogP contribution in [0.4, 0.5) is 4.79 Å². The molecular weight excluding hydrogens is 310 g/mol. The Morgan fingerprint density at radius 3 is 2.29 bits per heavy atom. The molecule has 0 aromatic heterocycles. The molecule has 6 heteroatoms. The molecule has 1 amide bonds. The summed E-state index contributed by atoms with van der Waals surface area (Å²) in [4.78, 5) is 13.6.